The number of amides is 2. The fraction of sp³-hybridized carbons (Fsp3) is 0.212. The second kappa shape index (κ2) is 14.1. The number of anilines is 1. The summed E-state index contributed by atoms with van der Waals surface area (Å²) in [5.74, 6) is -0.976. The Morgan fingerprint density at radius 2 is 1.44 bits per heavy atom. The summed E-state index contributed by atoms with van der Waals surface area (Å²) < 4.78 is 29.3. The number of carbonyl (C=O) groups is 2. The van der Waals surface area contributed by atoms with Gasteiger partial charge in [-0.25, -0.2) is 8.42 Å². The lowest BCUT2D eigenvalue weighted by atomic mass is 10.0. The van der Waals surface area contributed by atoms with Crippen molar-refractivity contribution in [1.82, 2.24) is 10.2 Å². The van der Waals surface area contributed by atoms with E-state index in [1.54, 1.807) is 61.5 Å². The molecule has 7 nitrogen and oxygen atoms in total. The van der Waals surface area contributed by atoms with Gasteiger partial charge in [0.05, 0.1) is 10.6 Å². The quantitative estimate of drug-likeness (QED) is 0.212. The zero-order valence-electron chi connectivity index (χ0n) is 24.1. The lowest BCUT2D eigenvalue weighted by Gasteiger charge is -2.34. The third kappa shape index (κ3) is 7.57. The predicted octanol–water partition coefficient (Wildman–Crippen LogP) is 6.19. The molecule has 0 bridgehead atoms. The first-order valence-corrected chi connectivity index (χ1v) is 15.9. The van der Waals surface area contributed by atoms with E-state index in [2.05, 4.69) is 5.32 Å². The molecule has 0 aromatic heterocycles. The number of rotatable bonds is 11. The van der Waals surface area contributed by atoms with Gasteiger partial charge in [0.2, 0.25) is 11.8 Å². The third-order valence-corrected chi connectivity index (χ3v) is 9.76. The van der Waals surface area contributed by atoms with E-state index in [-0.39, 0.29) is 23.5 Å². The molecule has 1 unspecified atom stereocenters. The van der Waals surface area contributed by atoms with Crippen LogP contribution in [-0.2, 0) is 32.6 Å². The monoisotopic (exact) mass is 637 g/mol. The van der Waals surface area contributed by atoms with Crippen LogP contribution in [0, 0.1) is 13.8 Å². The first-order valence-electron chi connectivity index (χ1n) is 13.7. The largest absolute Gasteiger partial charge is 0.357 e. The van der Waals surface area contributed by atoms with Crippen LogP contribution in [0.1, 0.15) is 22.3 Å². The molecule has 1 N–H and O–H groups in total. The van der Waals surface area contributed by atoms with Crippen molar-refractivity contribution in [2.45, 2.75) is 37.8 Å². The summed E-state index contributed by atoms with van der Waals surface area (Å²) in [5.41, 5.74) is 3.10. The Kier molecular flexibility index (Phi) is 10.5. The Labute approximate surface area is 263 Å². The number of hydrogen-bond acceptors (Lipinski definition) is 4. The molecule has 0 aliphatic rings. The van der Waals surface area contributed by atoms with E-state index in [1.165, 1.54) is 24.1 Å². The van der Waals surface area contributed by atoms with E-state index in [9.17, 15) is 18.0 Å². The van der Waals surface area contributed by atoms with E-state index in [4.69, 9.17) is 23.2 Å². The molecule has 0 aliphatic carbocycles. The van der Waals surface area contributed by atoms with Crippen molar-refractivity contribution in [3.05, 3.63) is 129 Å². The van der Waals surface area contributed by atoms with Gasteiger partial charge >= 0.3 is 0 Å². The zero-order chi connectivity index (χ0) is 31.1. The third-order valence-electron chi connectivity index (χ3n) is 7.21. The lowest BCUT2D eigenvalue weighted by molar-refractivity contribution is -0.139. The van der Waals surface area contributed by atoms with Crippen LogP contribution in [0.4, 0.5) is 5.69 Å². The van der Waals surface area contributed by atoms with E-state index >= 15 is 0 Å². The minimum absolute atomic E-state index is 0.0175. The molecule has 0 fully saturated rings. The summed E-state index contributed by atoms with van der Waals surface area (Å²) in [6.07, 6.45) is 0.206. The molecule has 43 heavy (non-hydrogen) atoms. The van der Waals surface area contributed by atoms with Crippen LogP contribution in [0.5, 0.6) is 0 Å². The highest BCUT2D eigenvalue weighted by Crippen LogP contribution is 2.31. The average molecular weight is 639 g/mol. The molecule has 4 rings (SSSR count). The highest BCUT2D eigenvalue weighted by molar-refractivity contribution is 7.92. The van der Waals surface area contributed by atoms with Gasteiger partial charge in [0.25, 0.3) is 10.0 Å². The molecular weight excluding hydrogens is 605 g/mol. The zero-order valence-corrected chi connectivity index (χ0v) is 26.5. The Morgan fingerprint density at radius 3 is 2.09 bits per heavy atom. The van der Waals surface area contributed by atoms with Crippen LogP contribution in [0.15, 0.2) is 102 Å². The second-order valence-electron chi connectivity index (χ2n) is 10.1. The Morgan fingerprint density at radius 1 is 0.814 bits per heavy atom. The minimum Gasteiger partial charge on any atom is -0.357 e. The van der Waals surface area contributed by atoms with Gasteiger partial charge in [-0.2, -0.15) is 0 Å². The van der Waals surface area contributed by atoms with Crippen molar-refractivity contribution < 1.29 is 18.0 Å². The number of nitrogens with zero attached hydrogens (tertiary/aromatic N) is 2. The van der Waals surface area contributed by atoms with Crippen LogP contribution >= 0.6 is 23.2 Å². The maximum atomic E-state index is 14.4. The molecule has 0 radical (unpaired) electrons. The van der Waals surface area contributed by atoms with Gasteiger partial charge in [0, 0.05) is 30.1 Å². The van der Waals surface area contributed by atoms with Crippen molar-refractivity contribution in [3.63, 3.8) is 0 Å². The van der Waals surface area contributed by atoms with Crippen molar-refractivity contribution >= 4 is 50.7 Å². The molecule has 0 spiro atoms. The number of sulfonamides is 1. The van der Waals surface area contributed by atoms with Gasteiger partial charge in [-0.1, -0.05) is 95.5 Å². The molecule has 2 amide bonds. The van der Waals surface area contributed by atoms with Gasteiger partial charge in [0.1, 0.15) is 12.6 Å². The van der Waals surface area contributed by atoms with Crippen molar-refractivity contribution in [2.24, 2.45) is 0 Å². The first kappa shape index (κ1) is 32.1. The number of benzene rings is 4. The van der Waals surface area contributed by atoms with Crippen molar-refractivity contribution in [3.8, 4) is 0 Å². The highest BCUT2D eigenvalue weighted by Gasteiger charge is 2.35. The Hall–Kier alpha value is -3.85. The van der Waals surface area contributed by atoms with Crippen LogP contribution in [0.2, 0.25) is 10.0 Å². The number of aryl methyl sites for hydroxylation is 1. The minimum atomic E-state index is -4.23. The van der Waals surface area contributed by atoms with E-state index in [1.807, 2.05) is 37.3 Å². The predicted molar refractivity (Wildman–Crippen MR) is 172 cm³/mol. The summed E-state index contributed by atoms with van der Waals surface area (Å²) in [6, 6.07) is 26.7. The number of carbonyl (C=O) groups excluding carboxylic acids is 2. The lowest BCUT2D eigenvalue weighted by Crippen LogP contribution is -2.53. The van der Waals surface area contributed by atoms with Gasteiger partial charge in [-0.3, -0.25) is 13.9 Å². The molecule has 0 saturated carbocycles. The van der Waals surface area contributed by atoms with E-state index < -0.39 is 34.4 Å². The van der Waals surface area contributed by atoms with Crippen LogP contribution in [0.25, 0.3) is 0 Å². The molecule has 0 heterocycles. The highest BCUT2D eigenvalue weighted by atomic mass is 35.5. The summed E-state index contributed by atoms with van der Waals surface area (Å²) in [7, 11) is -2.73. The van der Waals surface area contributed by atoms with Crippen LogP contribution < -0.4 is 9.62 Å². The number of halogens is 2. The van der Waals surface area contributed by atoms with E-state index in [0.717, 1.165) is 15.4 Å². The SMILES string of the molecule is CNC(=O)C(Cc1ccccc1)N(Cc1ccccc1Cl)C(=O)CN(c1cccc(Cl)c1C)S(=O)(=O)c1ccc(C)cc1. The summed E-state index contributed by atoms with van der Waals surface area (Å²) in [6.45, 7) is 2.96. The second-order valence-corrected chi connectivity index (χ2v) is 12.8. The molecule has 224 valence electrons. The summed E-state index contributed by atoms with van der Waals surface area (Å²) in [5, 5.41) is 3.45. The van der Waals surface area contributed by atoms with Crippen molar-refractivity contribution in [2.75, 3.05) is 17.9 Å². The molecule has 4 aromatic carbocycles. The molecule has 0 aliphatic heterocycles. The van der Waals surface area contributed by atoms with Crippen molar-refractivity contribution in [1.29, 1.82) is 0 Å². The number of likely N-dealkylation sites (N-methyl/N-ethyl adjacent to an activating group) is 1. The standard InChI is InChI=1S/C33H33Cl2N3O4S/c1-23-16-18-27(19-17-23)43(41,42)38(30-15-9-14-28(34)24(30)2)22-32(39)37(21-26-12-7-8-13-29(26)35)31(33(40)36-3)20-25-10-5-4-6-11-25/h4-19,31H,20-22H2,1-3H3,(H,36,40). The molecule has 0 saturated heterocycles. The first-order chi connectivity index (χ1) is 20.5. The summed E-state index contributed by atoms with van der Waals surface area (Å²) in [4.78, 5) is 29.2. The number of nitrogens with one attached hydrogen (secondary N) is 1. The van der Waals surface area contributed by atoms with Gasteiger partial charge in [-0.15, -0.1) is 0 Å². The van der Waals surface area contributed by atoms with Gasteiger partial charge < -0.3 is 10.2 Å². The molecular formula is C33H33Cl2N3O4S. The van der Waals surface area contributed by atoms with Gasteiger partial charge in [0.15, 0.2) is 0 Å². The number of hydrogen-bond donors (Lipinski definition) is 1. The molecule has 4 aromatic rings. The Bertz CT molecular complexity index is 1700. The molecule has 1 atom stereocenters. The maximum Gasteiger partial charge on any atom is 0.264 e. The normalized spacial score (nSPS) is 11.9. The summed E-state index contributed by atoms with van der Waals surface area (Å²) >= 11 is 12.9. The van der Waals surface area contributed by atoms with Crippen LogP contribution in [0.3, 0.4) is 0 Å². The maximum absolute atomic E-state index is 14.4. The smallest absolute Gasteiger partial charge is 0.264 e. The van der Waals surface area contributed by atoms with Crippen LogP contribution in [-0.4, -0.2) is 44.8 Å². The topological polar surface area (TPSA) is 86.8 Å². The average Bonchev–Trinajstić information content (AvgIpc) is 3.00. The Balaban J connectivity index is 1.83. The van der Waals surface area contributed by atoms with Gasteiger partial charge in [-0.05, 0) is 60.9 Å². The fourth-order valence-corrected chi connectivity index (χ4v) is 6.58. The van der Waals surface area contributed by atoms with E-state index in [0.29, 0.717) is 21.2 Å². The fourth-order valence-electron chi connectivity index (χ4n) is 4.75. The molecule has 10 heteroatoms.